The van der Waals surface area contributed by atoms with E-state index < -0.39 is 51.0 Å². The fourth-order valence-corrected chi connectivity index (χ4v) is 3.13. The summed E-state index contributed by atoms with van der Waals surface area (Å²) in [4.78, 5) is 24.4. The van der Waals surface area contributed by atoms with Gasteiger partial charge in [-0.3, -0.25) is 14.6 Å². The Kier molecular flexibility index (Phi) is 5.47. The second-order valence-electron chi connectivity index (χ2n) is 4.80. The van der Waals surface area contributed by atoms with Gasteiger partial charge in [0.2, 0.25) is 0 Å². The highest BCUT2D eigenvalue weighted by atomic mass is 32.2. The lowest BCUT2D eigenvalue weighted by molar-refractivity contribution is -0.162. The number of hydrazine groups is 1. The van der Waals surface area contributed by atoms with Gasteiger partial charge >= 0.3 is 5.97 Å². The van der Waals surface area contributed by atoms with Crippen LogP contribution in [-0.2, 0) is 29.1 Å². The monoisotopic (exact) mass is 364 g/mol. The van der Waals surface area contributed by atoms with E-state index in [0.717, 1.165) is 19.2 Å². The lowest BCUT2D eigenvalue weighted by Crippen LogP contribution is -2.56. The smallest absolute Gasteiger partial charge is 0.308 e. The number of nitrogens with one attached hydrogen (secondary N) is 1. The Morgan fingerprint density at radius 3 is 2.79 bits per heavy atom. The molecule has 1 amide bonds. The summed E-state index contributed by atoms with van der Waals surface area (Å²) < 4.78 is 60.4. The maximum Gasteiger partial charge on any atom is 0.308 e. The Morgan fingerprint density at radius 2 is 2.17 bits per heavy atom. The van der Waals surface area contributed by atoms with Crippen LogP contribution in [0, 0.1) is 11.6 Å². The largest absolute Gasteiger partial charge is 0.469 e. The van der Waals surface area contributed by atoms with Crippen LogP contribution in [-0.4, -0.2) is 51.7 Å². The van der Waals surface area contributed by atoms with E-state index in [1.165, 1.54) is 0 Å². The molecule has 0 aromatic heterocycles. The van der Waals surface area contributed by atoms with Gasteiger partial charge in [-0.1, -0.05) is 0 Å². The van der Waals surface area contributed by atoms with Crippen LogP contribution in [0.3, 0.4) is 0 Å². The summed E-state index contributed by atoms with van der Waals surface area (Å²) in [7, 11) is -3.32. The maximum absolute atomic E-state index is 13.6. The summed E-state index contributed by atoms with van der Waals surface area (Å²) in [5.41, 5.74) is 0. The van der Waals surface area contributed by atoms with E-state index in [1.807, 2.05) is 4.83 Å². The summed E-state index contributed by atoms with van der Waals surface area (Å²) in [5.74, 6) is -3.76. The van der Waals surface area contributed by atoms with Crippen molar-refractivity contribution in [2.45, 2.75) is 17.4 Å². The maximum atomic E-state index is 13.6. The van der Waals surface area contributed by atoms with Gasteiger partial charge < -0.3 is 9.47 Å². The van der Waals surface area contributed by atoms with Crippen LogP contribution in [0.25, 0.3) is 0 Å². The van der Waals surface area contributed by atoms with Crippen molar-refractivity contribution in [3.63, 3.8) is 0 Å². The van der Waals surface area contributed by atoms with Gasteiger partial charge in [0.05, 0.1) is 26.7 Å². The van der Waals surface area contributed by atoms with Crippen LogP contribution in [0.2, 0.25) is 0 Å². The summed E-state index contributed by atoms with van der Waals surface area (Å²) in [6, 6.07) is 1.93. The molecule has 11 heteroatoms. The number of nitrogens with zero attached hydrogens (tertiary/aromatic N) is 1. The minimum Gasteiger partial charge on any atom is -0.469 e. The quantitative estimate of drug-likeness (QED) is 0.735. The molecule has 1 atom stereocenters. The number of halogens is 2. The highest BCUT2D eigenvalue weighted by molar-refractivity contribution is 7.89. The highest BCUT2D eigenvalue weighted by Crippen LogP contribution is 2.17. The molecule has 2 rings (SSSR count). The number of methoxy groups -OCH3 is 1. The number of hydrogen-bond acceptors (Lipinski definition) is 6. The second kappa shape index (κ2) is 7.20. The Labute approximate surface area is 136 Å². The minimum absolute atomic E-state index is 0.0399. The van der Waals surface area contributed by atoms with Gasteiger partial charge in [0.15, 0.2) is 0 Å². The number of benzene rings is 1. The van der Waals surface area contributed by atoms with E-state index in [1.54, 1.807) is 0 Å². The van der Waals surface area contributed by atoms with Crippen LogP contribution in [0.1, 0.15) is 6.42 Å². The first kappa shape index (κ1) is 18.2. The van der Waals surface area contributed by atoms with Crippen LogP contribution in [0.15, 0.2) is 23.1 Å². The zero-order valence-corrected chi connectivity index (χ0v) is 13.3. The van der Waals surface area contributed by atoms with Gasteiger partial charge in [0.1, 0.15) is 22.6 Å². The standard InChI is InChI=1S/C13H14F2N2O6S/c1-22-12(18)7-10-13(19)17(4-5-23-10)16-24(20,21)11-3-2-8(14)6-9(11)15/h2-3,6,10,16H,4-5,7H2,1H3/t10-/m0/s1. The summed E-state index contributed by atoms with van der Waals surface area (Å²) in [6.45, 7) is -0.180. The molecule has 1 saturated heterocycles. The molecular formula is C13H14F2N2O6S. The van der Waals surface area contributed by atoms with Crippen LogP contribution < -0.4 is 4.83 Å². The van der Waals surface area contributed by atoms with Crippen molar-refractivity contribution in [2.75, 3.05) is 20.3 Å². The molecule has 8 nitrogen and oxygen atoms in total. The number of hydrogen-bond donors (Lipinski definition) is 1. The molecule has 1 fully saturated rings. The van der Waals surface area contributed by atoms with Gasteiger partial charge in [0.25, 0.3) is 15.9 Å². The van der Waals surface area contributed by atoms with E-state index in [2.05, 4.69) is 4.74 Å². The number of esters is 1. The van der Waals surface area contributed by atoms with E-state index in [-0.39, 0.29) is 13.2 Å². The molecule has 1 heterocycles. The predicted molar refractivity (Wildman–Crippen MR) is 74.8 cm³/mol. The molecule has 0 radical (unpaired) electrons. The first-order chi connectivity index (χ1) is 11.2. The zero-order chi connectivity index (χ0) is 17.9. The lowest BCUT2D eigenvalue weighted by Gasteiger charge is -2.31. The summed E-state index contributed by atoms with van der Waals surface area (Å²) in [5, 5.41) is 0.704. The van der Waals surface area contributed by atoms with Crippen LogP contribution in [0.4, 0.5) is 8.78 Å². The van der Waals surface area contributed by atoms with Gasteiger partial charge in [-0.15, -0.1) is 4.83 Å². The van der Waals surface area contributed by atoms with Crippen molar-refractivity contribution < 1.29 is 36.3 Å². The first-order valence-corrected chi connectivity index (χ1v) is 8.20. The average Bonchev–Trinajstić information content (AvgIpc) is 2.50. The van der Waals surface area contributed by atoms with Crippen LogP contribution in [0.5, 0.6) is 0 Å². The normalized spacial score (nSPS) is 18.5. The first-order valence-electron chi connectivity index (χ1n) is 6.72. The molecule has 1 N–H and O–H groups in total. The fraction of sp³-hybridized carbons (Fsp3) is 0.385. The Balaban J connectivity index is 2.16. The summed E-state index contributed by atoms with van der Waals surface area (Å²) in [6.07, 6.45) is -1.61. The fourth-order valence-electron chi connectivity index (χ4n) is 2.00. The predicted octanol–water partition coefficient (Wildman–Crippen LogP) is -0.0514. The molecule has 0 unspecified atom stereocenters. The van der Waals surface area contributed by atoms with Crippen molar-refractivity contribution >= 4 is 21.9 Å². The molecule has 0 spiro atoms. The van der Waals surface area contributed by atoms with Gasteiger partial charge in [-0.25, -0.2) is 17.2 Å². The Hall–Kier alpha value is -2.11. The van der Waals surface area contributed by atoms with Crippen molar-refractivity contribution in [3.05, 3.63) is 29.8 Å². The second-order valence-corrected chi connectivity index (χ2v) is 6.43. The molecule has 132 valence electrons. The number of ether oxygens (including phenoxy) is 2. The van der Waals surface area contributed by atoms with Crippen molar-refractivity contribution in [3.8, 4) is 0 Å². The number of carbonyl (C=O) groups excluding carboxylic acids is 2. The van der Waals surface area contributed by atoms with E-state index in [0.29, 0.717) is 11.1 Å². The van der Waals surface area contributed by atoms with Gasteiger partial charge in [-0.2, -0.15) is 0 Å². The van der Waals surface area contributed by atoms with E-state index in [9.17, 15) is 26.8 Å². The molecule has 1 aliphatic heterocycles. The molecule has 1 aromatic rings. The third-order valence-corrected chi connectivity index (χ3v) is 4.54. The molecule has 1 aromatic carbocycles. The molecule has 0 aliphatic carbocycles. The Bertz CT molecular complexity index is 755. The van der Waals surface area contributed by atoms with E-state index in [4.69, 9.17) is 4.74 Å². The van der Waals surface area contributed by atoms with Crippen molar-refractivity contribution in [1.82, 2.24) is 9.84 Å². The molecule has 0 saturated carbocycles. The lowest BCUT2D eigenvalue weighted by atomic mass is 10.2. The Morgan fingerprint density at radius 1 is 1.46 bits per heavy atom. The average molecular weight is 364 g/mol. The SMILES string of the molecule is COC(=O)C[C@@H]1OCCN(NS(=O)(=O)c2ccc(F)cc2F)C1=O. The van der Waals surface area contributed by atoms with Crippen LogP contribution >= 0.6 is 0 Å². The third kappa shape index (κ3) is 4.04. The number of carbonyl (C=O) groups is 2. The summed E-state index contributed by atoms with van der Waals surface area (Å²) >= 11 is 0. The molecule has 24 heavy (non-hydrogen) atoms. The third-order valence-electron chi connectivity index (χ3n) is 3.17. The zero-order valence-electron chi connectivity index (χ0n) is 12.5. The van der Waals surface area contributed by atoms with Crippen molar-refractivity contribution in [2.24, 2.45) is 0 Å². The van der Waals surface area contributed by atoms with Gasteiger partial charge in [-0.05, 0) is 12.1 Å². The van der Waals surface area contributed by atoms with E-state index >= 15 is 0 Å². The number of morpholine rings is 1. The van der Waals surface area contributed by atoms with Gasteiger partial charge in [0, 0.05) is 6.07 Å². The minimum atomic E-state index is -4.46. The highest BCUT2D eigenvalue weighted by Gasteiger charge is 2.35. The number of amides is 1. The number of sulfonamides is 1. The molecular weight excluding hydrogens is 350 g/mol. The number of rotatable bonds is 5. The molecule has 0 bridgehead atoms. The van der Waals surface area contributed by atoms with Crippen molar-refractivity contribution in [1.29, 1.82) is 0 Å². The molecule has 1 aliphatic rings. The topological polar surface area (TPSA) is 102 Å².